The number of aliphatic hydroxyl groups is 1. The molecule has 188 valence electrons. The lowest BCUT2D eigenvalue weighted by atomic mass is 9.69. The van der Waals surface area contributed by atoms with E-state index in [0.717, 1.165) is 44.9 Å². The Balaban J connectivity index is 1.33. The van der Waals surface area contributed by atoms with Gasteiger partial charge in [0.25, 0.3) is 17.2 Å². The number of amides is 1. The van der Waals surface area contributed by atoms with Crippen molar-refractivity contribution in [2.24, 2.45) is 5.41 Å². The molecule has 3 aliphatic carbocycles. The van der Waals surface area contributed by atoms with E-state index in [4.69, 9.17) is 4.74 Å². The molecule has 2 fully saturated rings. The molecule has 0 radical (unpaired) electrons. The van der Waals surface area contributed by atoms with E-state index in [1.165, 1.54) is 10.6 Å². The minimum atomic E-state index is -0.920. The first-order valence-corrected chi connectivity index (χ1v) is 12.8. The minimum Gasteiger partial charge on any atom is -0.396 e. The van der Waals surface area contributed by atoms with Gasteiger partial charge < -0.3 is 14.7 Å². The van der Waals surface area contributed by atoms with Crippen LogP contribution >= 0.6 is 0 Å². The maximum atomic E-state index is 13.6. The number of likely N-dealkylation sites (N-methyl/N-ethyl adjacent to an activating group) is 1. The van der Waals surface area contributed by atoms with Crippen LogP contribution in [0, 0.1) is 5.41 Å². The number of hydrogen-bond donors (Lipinski definition) is 2. The Bertz CT molecular complexity index is 1180. The predicted molar refractivity (Wildman–Crippen MR) is 131 cm³/mol. The zero-order valence-electron chi connectivity index (χ0n) is 20.4. The van der Waals surface area contributed by atoms with Gasteiger partial charge >= 0.3 is 0 Å². The molecule has 2 N–H and O–H groups in total. The lowest BCUT2D eigenvalue weighted by Gasteiger charge is -2.45. The van der Waals surface area contributed by atoms with E-state index in [9.17, 15) is 14.7 Å². The molecule has 9 nitrogen and oxygen atoms in total. The van der Waals surface area contributed by atoms with Crippen LogP contribution in [0.2, 0.25) is 0 Å². The van der Waals surface area contributed by atoms with Crippen molar-refractivity contribution in [3.63, 3.8) is 0 Å². The second-order valence-electron chi connectivity index (χ2n) is 10.5. The SMILES string of the molecule is CN(CC1(CO)CCC1)C(=O)C1(OCc2cc(=O)n3[nH]c(C4C=CC=CC4)nc3n2)CCCCC1. The fourth-order valence-corrected chi connectivity index (χ4v) is 5.69. The summed E-state index contributed by atoms with van der Waals surface area (Å²) in [4.78, 5) is 37.3. The Labute approximate surface area is 204 Å². The molecule has 0 bridgehead atoms. The standard InChI is InChI=1S/C26H35N5O4/c1-30(17-25(18-32)11-8-12-25)23(34)26(13-6-3-7-14-26)35-16-20-15-21(33)31-24(27-20)28-22(29-31)19-9-4-2-5-10-19/h2,4-5,9,15,19,32H,3,6-8,10-14,16-18H2,1H3,(H,27,28,29). The molecule has 2 heterocycles. The maximum Gasteiger partial charge on any atom is 0.274 e. The topological polar surface area (TPSA) is 113 Å². The molecule has 5 rings (SSSR count). The average Bonchev–Trinajstić information content (AvgIpc) is 3.30. The quantitative estimate of drug-likeness (QED) is 0.600. The Hall–Kier alpha value is -2.78. The Morgan fingerprint density at radius 1 is 1.20 bits per heavy atom. The highest BCUT2D eigenvalue weighted by Gasteiger charge is 2.45. The molecular formula is C26H35N5O4. The van der Waals surface area contributed by atoms with Crippen LogP contribution in [0.15, 0.2) is 35.2 Å². The number of carbonyl (C=O) groups is 1. The second kappa shape index (κ2) is 9.70. The number of ether oxygens (including phenoxy) is 1. The molecule has 0 aliphatic heterocycles. The number of aliphatic hydroxyl groups excluding tert-OH is 1. The van der Waals surface area contributed by atoms with E-state index >= 15 is 0 Å². The molecule has 1 atom stereocenters. The molecule has 1 unspecified atom stereocenters. The first kappa shape index (κ1) is 23.9. The molecule has 0 aromatic carbocycles. The highest BCUT2D eigenvalue weighted by atomic mass is 16.5. The number of H-pyrrole nitrogens is 1. The van der Waals surface area contributed by atoms with Crippen molar-refractivity contribution in [1.29, 1.82) is 0 Å². The van der Waals surface area contributed by atoms with Crippen LogP contribution in [0.3, 0.4) is 0 Å². The van der Waals surface area contributed by atoms with Crippen LogP contribution in [0.1, 0.15) is 75.2 Å². The van der Waals surface area contributed by atoms with Gasteiger partial charge in [-0.05, 0) is 32.1 Å². The highest BCUT2D eigenvalue weighted by Crippen LogP contribution is 2.42. The highest BCUT2D eigenvalue weighted by molar-refractivity contribution is 5.85. The molecule has 2 saturated carbocycles. The van der Waals surface area contributed by atoms with Crippen molar-refractivity contribution in [3.05, 3.63) is 52.2 Å². The zero-order valence-corrected chi connectivity index (χ0v) is 20.4. The van der Waals surface area contributed by atoms with E-state index in [-0.39, 0.29) is 36.0 Å². The van der Waals surface area contributed by atoms with Crippen molar-refractivity contribution in [2.75, 3.05) is 20.2 Å². The number of aromatic nitrogens is 4. The first-order valence-electron chi connectivity index (χ1n) is 12.8. The second-order valence-corrected chi connectivity index (χ2v) is 10.5. The summed E-state index contributed by atoms with van der Waals surface area (Å²) in [6, 6.07) is 1.45. The molecule has 9 heteroatoms. The fraction of sp³-hybridized carbons (Fsp3) is 0.615. The van der Waals surface area contributed by atoms with Gasteiger partial charge in [0.15, 0.2) is 0 Å². The molecule has 1 amide bonds. The normalized spacial score (nSPS) is 22.7. The third-order valence-electron chi connectivity index (χ3n) is 7.95. The molecule has 0 spiro atoms. The number of aromatic amines is 1. The molecule has 3 aliphatic rings. The summed E-state index contributed by atoms with van der Waals surface area (Å²) in [6.07, 6.45) is 16.1. The average molecular weight is 482 g/mol. The lowest BCUT2D eigenvalue weighted by Crippen LogP contribution is -2.54. The number of allylic oxidation sites excluding steroid dienone is 4. The summed E-state index contributed by atoms with van der Waals surface area (Å²) < 4.78 is 7.70. The maximum absolute atomic E-state index is 13.6. The van der Waals surface area contributed by atoms with Crippen LogP contribution in [0.5, 0.6) is 0 Å². The van der Waals surface area contributed by atoms with Gasteiger partial charge in [-0.25, -0.2) is 4.98 Å². The largest absolute Gasteiger partial charge is 0.396 e. The summed E-state index contributed by atoms with van der Waals surface area (Å²) in [5.74, 6) is 1.05. The first-order chi connectivity index (χ1) is 16.9. The van der Waals surface area contributed by atoms with Crippen molar-refractivity contribution in [3.8, 4) is 0 Å². The predicted octanol–water partition coefficient (Wildman–Crippen LogP) is 2.86. The molecule has 0 saturated heterocycles. The monoisotopic (exact) mass is 481 g/mol. The molecular weight excluding hydrogens is 446 g/mol. The number of nitrogens with one attached hydrogen (secondary N) is 1. The molecule has 2 aromatic heterocycles. The van der Waals surface area contributed by atoms with Crippen LogP contribution in [0.25, 0.3) is 5.78 Å². The van der Waals surface area contributed by atoms with Crippen molar-refractivity contribution in [1.82, 2.24) is 24.5 Å². The Kier molecular flexibility index (Phi) is 6.63. The van der Waals surface area contributed by atoms with Crippen LogP contribution in [-0.2, 0) is 16.1 Å². The molecule has 2 aromatic rings. The van der Waals surface area contributed by atoms with E-state index in [1.54, 1.807) is 4.90 Å². The van der Waals surface area contributed by atoms with E-state index in [0.29, 0.717) is 36.7 Å². The van der Waals surface area contributed by atoms with Gasteiger partial charge in [0, 0.05) is 31.0 Å². The summed E-state index contributed by atoms with van der Waals surface area (Å²) in [7, 11) is 1.81. The zero-order chi connectivity index (χ0) is 24.5. The van der Waals surface area contributed by atoms with Gasteiger partial charge in [0.2, 0.25) is 0 Å². The Morgan fingerprint density at radius 2 is 2.00 bits per heavy atom. The summed E-state index contributed by atoms with van der Waals surface area (Å²) in [5.41, 5.74) is -0.879. The number of carbonyl (C=O) groups excluding carboxylic acids is 1. The molecule has 35 heavy (non-hydrogen) atoms. The minimum absolute atomic E-state index is 0.0334. The van der Waals surface area contributed by atoms with Gasteiger partial charge in [0.1, 0.15) is 11.4 Å². The van der Waals surface area contributed by atoms with Crippen LogP contribution in [-0.4, -0.2) is 61.3 Å². The van der Waals surface area contributed by atoms with Crippen LogP contribution in [0.4, 0.5) is 0 Å². The van der Waals surface area contributed by atoms with Gasteiger partial charge in [-0.15, -0.1) is 0 Å². The van der Waals surface area contributed by atoms with Gasteiger partial charge in [-0.1, -0.05) is 50.0 Å². The van der Waals surface area contributed by atoms with Gasteiger partial charge in [-0.2, -0.15) is 9.50 Å². The summed E-state index contributed by atoms with van der Waals surface area (Å²) in [6.45, 7) is 0.718. The van der Waals surface area contributed by atoms with Gasteiger partial charge in [-0.3, -0.25) is 14.7 Å². The van der Waals surface area contributed by atoms with Crippen molar-refractivity contribution >= 4 is 11.7 Å². The smallest absolute Gasteiger partial charge is 0.274 e. The fourth-order valence-electron chi connectivity index (χ4n) is 5.69. The number of nitrogens with zero attached hydrogens (tertiary/aromatic N) is 4. The number of hydrogen-bond acceptors (Lipinski definition) is 6. The lowest BCUT2D eigenvalue weighted by molar-refractivity contribution is -0.167. The van der Waals surface area contributed by atoms with Crippen LogP contribution < -0.4 is 5.56 Å². The third-order valence-corrected chi connectivity index (χ3v) is 7.95. The van der Waals surface area contributed by atoms with Gasteiger partial charge in [0.05, 0.1) is 18.9 Å². The van der Waals surface area contributed by atoms with E-state index in [2.05, 4.69) is 21.1 Å². The number of rotatable bonds is 8. The third kappa shape index (κ3) is 4.71. The van der Waals surface area contributed by atoms with E-state index in [1.807, 2.05) is 25.3 Å². The summed E-state index contributed by atoms with van der Waals surface area (Å²) in [5, 5.41) is 12.9. The van der Waals surface area contributed by atoms with E-state index < -0.39 is 5.60 Å². The van der Waals surface area contributed by atoms with Crippen molar-refractivity contribution < 1.29 is 14.6 Å². The van der Waals surface area contributed by atoms with Crippen molar-refractivity contribution in [2.45, 2.75) is 75.9 Å². The summed E-state index contributed by atoms with van der Waals surface area (Å²) >= 11 is 0. The number of fused-ring (bicyclic) bond motifs is 1. The Morgan fingerprint density at radius 3 is 2.66 bits per heavy atom.